The highest BCUT2D eigenvalue weighted by Gasteiger charge is 2.34. The van der Waals surface area contributed by atoms with Crippen LogP contribution in [0.4, 0.5) is 0 Å². The molecule has 2 heteroatoms. The second kappa shape index (κ2) is 5.13. The van der Waals surface area contributed by atoms with Crippen molar-refractivity contribution in [2.75, 3.05) is 19.7 Å². The minimum atomic E-state index is 0.430. The second-order valence-corrected chi connectivity index (χ2v) is 4.99. The van der Waals surface area contributed by atoms with Crippen LogP contribution >= 0.6 is 0 Å². The van der Waals surface area contributed by atoms with Crippen molar-refractivity contribution in [1.29, 1.82) is 0 Å². The molecule has 1 aliphatic heterocycles. The van der Waals surface area contributed by atoms with Crippen LogP contribution in [-0.2, 0) is 4.74 Å². The molecule has 0 amide bonds. The molecule has 84 valence electrons. The molecule has 1 saturated heterocycles. The number of hydrogen-bond donors (Lipinski definition) is 0. The van der Waals surface area contributed by atoms with E-state index in [9.17, 15) is 0 Å². The zero-order valence-electron chi connectivity index (χ0n) is 10.2. The Morgan fingerprint density at radius 2 is 2.14 bits per heavy atom. The van der Waals surface area contributed by atoms with Crippen molar-refractivity contribution in [2.45, 2.75) is 58.6 Å². The Bertz CT molecular complexity index is 168. The second-order valence-electron chi connectivity index (χ2n) is 4.99. The van der Waals surface area contributed by atoms with E-state index in [1.807, 2.05) is 0 Å². The molecule has 0 aromatic heterocycles. The third-order valence-corrected chi connectivity index (χ3v) is 3.40. The molecule has 0 N–H and O–H groups in total. The van der Waals surface area contributed by atoms with Crippen molar-refractivity contribution in [1.82, 2.24) is 4.90 Å². The first-order chi connectivity index (χ1) is 6.56. The van der Waals surface area contributed by atoms with Crippen LogP contribution in [0.5, 0.6) is 0 Å². The molecular formula is C12H25NO. The van der Waals surface area contributed by atoms with Gasteiger partial charge in [-0.25, -0.2) is 0 Å². The van der Waals surface area contributed by atoms with Gasteiger partial charge in [0.25, 0.3) is 0 Å². The molecule has 14 heavy (non-hydrogen) atoms. The molecule has 1 rings (SSSR count). The van der Waals surface area contributed by atoms with Gasteiger partial charge < -0.3 is 4.74 Å². The molecule has 1 heterocycles. The van der Waals surface area contributed by atoms with Gasteiger partial charge in [-0.2, -0.15) is 0 Å². The van der Waals surface area contributed by atoms with E-state index in [-0.39, 0.29) is 0 Å². The highest BCUT2D eigenvalue weighted by Crippen LogP contribution is 2.28. The first-order valence-corrected chi connectivity index (χ1v) is 5.93. The lowest BCUT2D eigenvalue weighted by atomic mass is 9.89. The van der Waals surface area contributed by atoms with Gasteiger partial charge in [0.2, 0.25) is 0 Å². The SMILES string of the molecule is CCC(C)OCCCN1CCC1(C)C. The summed E-state index contributed by atoms with van der Waals surface area (Å²) in [5.41, 5.74) is 0.455. The number of likely N-dealkylation sites (tertiary alicyclic amines) is 1. The summed E-state index contributed by atoms with van der Waals surface area (Å²) in [5, 5.41) is 0. The summed E-state index contributed by atoms with van der Waals surface area (Å²) in [4.78, 5) is 2.55. The minimum Gasteiger partial charge on any atom is -0.378 e. The fourth-order valence-corrected chi connectivity index (χ4v) is 1.79. The summed E-state index contributed by atoms with van der Waals surface area (Å²) in [6, 6.07) is 0. The number of nitrogens with zero attached hydrogens (tertiary/aromatic N) is 1. The summed E-state index contributed by atoms with van der Waals surface area (Å²) in [6.45, 7) is 12.4. The van der Waals surface area contributed by atoms with Crippen LogP contribution in [0.15, 0.2) is 0 Å². The van der Waals surface area contributed by atoms with E-state index < -0.39 is 0 Å². The molecule has 0 bridgehead atoms. The third-order valence-electron chi connectivity index (χ3n) is 3.40. The molecule has 0 saturated carbocycles. The van der Waals surface area contributed by atoms with Gasteiger partial charge in [-0.05, 0) is 40.0 Å². The molecular weight excluding hydrogens is 174 g/mol. The van der Waals surface area contributed by atoms with E-state index in [2.05, 4.69) is 32.6 Å². The fourth-order valence-electron chi connectivity index (χ4n) is 1.79. The van der Waals surface area contributed by atoms with Gasteiger partial charge in [0.15, 0.2) is 0 Å². The quantitative estimate of drug-likeness (QED) is 0.610. The van der Waals surface area contributed by atoms with Crippen LogP contribution in [0.1, 0.15) is 47.0 Å². The van der Waals surface area contributed by atoms with Crippen LogP contribution < -0.4 is 0 Å². The zero-order chi connectivity index (χ0) is 10.6. The number of rotatable bonds is 6. The number of ether oxygens (including phenoxy) is 1. The van der Waals surface area contributed by atoms with Crippen molar-refractivity contribution in [2.24, 2.45) is 0 Å². The van der Waals surface area contributed by atoms with Crippen LogP contribution in [0.3, 0.4) is 0 Å². The monoisotopic (exact) mass is 199 g/mol. The summed E-state index contributed by atoms with van der Waals surface area (Å²) in [6.07, 6.45) is 4.07. The molecule has 0 spiro atoms. The van der Waals surface area contributed by atoms with Gasteiger partial charge >= 0.3 is 0 Å². The van der Waals surface area contributed by atoms with Crippen LogP contribution in [0.25, 0.3) is 0 Å². The lowest BCUT2D eigenvalue weighted by Gasteiger charge is -2.48. The van der Waals surface area contributed by atoms with Crippen LogP contribution in [0.2, 0.25) is 0 Å². The van der Waals surface area contributed by atoms with Gasteiger partial charge in [-0.1, -0.05) is 6.92 Å². The minimum absolute atomic E-state index is 0.430. The Morgan fingerprint density at radius 3 is 2.57 bits per heavy atom. The molecule has 0 aromatic carbocycles. The third kappa shape index (κ3) is 3.25. The molecule has 0 aliphatic carbocycles. The fraction of sp³-hybridized carbons (Fsp3) is 1.00. The van der Waals surface area contributed by atoms with Gasteiger partial charge in [-0.3, -0.25) is 4.90 Å². The van der Waals surface area contributed by atoms with Gasteiger partial charge in [0.1, 0.15) is 0 Å². The predicted molar refractivity (Wildman–Crippen MR) is 60.6 cm³/mol. The molecule has 1 aliphatic rings. The molecule has 0 radical (unpaired) electrons. The standard InChI is InChI=1S/C12H25NO/c1-5-11(2)14-10-6-8-13-9-7-12(13,3)4/h11H,5-10H2,1-4H3. The molecule has 1 fully saturated rings. The topological polar surface area (TPSA) is 12.5 Å². The van der Waals surface area contributed by atoms with Gasteiger partial charge in [-0.15, -0.1) is 0 Å². The smallest absolute Gasteiger partial charge is 0.0544 e. The zero-order valence-corrected chi connectivity index (χ0v) is 10.2. The first-order valence-electron chi connectivity index (χ1n) is 5.93. The molecule has 0 aromatic rings. The predicted octanol–water partition coefficient (Wildman–Crippen LogP) is 2.68. The van der Waals surface area contributed by atoms with E-state index in [0.717, 1.165) is 13.0 Å². The summed E-state index contributed by atoms with van der Waals surface area (Å²) < 4.78 is 5.65. The lowest BCUT2D eigenvalue weighted by molar-refractivity contribution is -0.000909. The van der Waals surface area contributed by atoms with Crippen LogP contribution in [0, 0.1) is 0 Å². The van der Waals surface area contributed by atoms with Crippen molar-refractivity contribution in [3.8, 4) is 0 Å². The Kier molecular flexibility index (Phi) is 4.39. The van der Waals surface area contributed by atoms with E-state index >= 15 is 0 Å². The summed E-state index contributed by atoms with van der Waals surface area (Å²) >= 11 is 0. The van der Waals surface area contributed by atoms with Gasteiger partial charge in [0, 0.05) is 25.2 Å². The van der Waals surface area contributed by atoms with Crippen molar-refractivity contribution < 1.29 is 4.74 Å². The average Bonchev–Trinajstić information content (AvgIpc) is 2.15. The maximum absolute atomic E-state index is 5.65. The van der Waals surface area contributed by atoms with E-state index in [0.29, 0.717) is 11.6 Å². The largest absolute Gasteiger partial charge is 0.378 e. The Morgan fingerprint density at radius 1 is 1.43 bits per heavy atom. The Balaban J connectivity index is 1.99. The van der Waals surface area contributed by atoms with E-state index in [4.69, 9.17) is 4.74 Å². The van der Waals surface area contributed by atoms with Crippen molar-refractivity contribution >= 4 is 0 Å². The molecule has 2 nitrogen and oxygen atoms in total. The number of hydrogen-bond acceptors (Lipinski definition) is 2. The van der Waals surface area contributed by atoms with Crippen molar-refractivity contribution in [3.63, 3.8) is 0 Å². The molecule has 1 atom stereocenters. The normalized spacial score (nSPS) is 23.1. The maximum Gasteiger partial charge on any atom is 0.0544 e. The highest BCUT2D eigenvalue weighted by molar-refractivity contribution is 4.91. The summed E-state index contributed by atoms with van der Waals surface area (Å²) in [5.74, 6) is 0. The Hall–Kier alpha value is -0.0800. The lowest BCUT2D eigenvalue weighted by Crippen LogP contribution is -2.55. The van der Waals surface area contributed by atoms with Gasteiger partial charge in [0.05, 0.1) is 6.10 Å². The van der Waals surface area contributed by atoms with E-state index in [1.54, 1.807) is 0 Å². The maximum atomic E-state index is 5.65. The van der Waals surface area contributed by atoms with Crippen molar-refractivity contribution in [3.05, 3.63) is 0 Å². The van der Waals surface area contributed by atoms with E-state index in [1.165, 1.54) is 25.9 Å². The molecule has 1 unspecified atom stereocenters. The summed E-state index contributed by atoms with van der Waals surface area (Å²) in [7, 11) is 0. The highest BCUT2D eigenvalue weighted by atomic mass is 16.5. The van der Waals surface area contributed by atoms with Crippen LogP contribution in [-0.4, -0.2) is 36.2 Å². The first kappa shape index (κ1) is 12.0. The Labute approximate surface area is 88.6 Å². The average molecular weight is 199 g/mol.